The fraction of sp³-hybridized carbons (Fsp3) is 0.214. The molecule has 0 bridgehead atoms. The molecule has 0 unspecified atom stereocenters. The molecule has 0 amide bonds. The summed E-state index contributed by atoms with van der Waals surface area (Å²) in [6.07, 6.45) is 3.85. The van der Waals surface area contributed by atoms with Gasteiger partial charge in [-0.3, -0.25) is 4.40 Å². The van der Waals surface area contributed by atoms with Crippen molar-refractivity contribution in [1.29, 1.82) is 0 Å². The maximum atomic E-state index is 9.59. The highest BCUT2D eigenvalue weighted by Crippen LogP contribution is 2.22. The molecule has 2 heterocycles. The molecule has 92 valence electrons. The average Bonchev–Trinajstić information content (AvgIpc) is 2.79. The monoisotopic (exact) mass is 241 g/mol. The smallest absolute Gasteiger partial charge is 0.137 e. The number of hydrogen-bond donors (Lipinski definition) is 2. The van der Waals surface area contributed by atoms with Crippen LogP contribution < -0.4 is 5.73 Å². The van der Waals surface area contributed by atoms with Crippen LogP contribution in [0.15, 0.2) is 36.5 Å². The summed E-state index contributed by atoms with van der Waals surface area (Å²) in [6, 6.07) is 9.37. The molecule has 0 radical (unpaired) electrons. The minimum absolute atomic E-state index is 0.271. The Morgan fingerprint density at radius 2 is 2.06 bits per heavy atom. The van der Waals surface area contributed by atoms with Crippen molar-refractivity contribution in [3.05, 3.63) is 42.2 Å². The van der Waals surface area contributed by atoms with Gasteiger partial charge in [-0.1, -0.05) is 0 Å². The Morgan fingerprint density at radius 1 is 1.22 bits per heavy atom. The van der Waals surface area contributed by atoms with Crippen molar-refractivity contribution in [3.8, 4) is 5.75 Å². The first-order chi connectivity index (χ1) is 8.78. The van der Waals surface area contributed by atoms with Crippen molar-refractivity contribution in [2.45, 2.75) is 12.8 Å². The standard InChI is InChI=1S/C14H15N3O/c15-7-1-2-11-9-17-13-8-12(18)5-3-10(13)4-6-14(17)16-11/h3-6,8-9,18H,1-2,7,15H2. The summed E-state index contributed by atoms with van der Waals surface area (Å²) in [5.41, 5.74) is 8.43. The summed E-state index contributed by atoms with van der Waals surface area (Å²) in [5.74, 6) is 0.271. The van der Waals surface area contributed by atoms with E-state index in [1.54, 1.807) is 12.1 Å². The van der Waals surface area contributed by atoms with E-state index in [0.717, 1.165) is 35.1 Å². The number of hydrogen-bond acceptors (Lipinski definition) is 3. The molecule has 0 aliphatic carbocycles. The second-order valence-corrected chi connectivity index (χ2v) is 4.43. The van der Waals surface area contributed by atoms with E-state index < -0.39 is 0 Å². The first-order valence-corrected chi connectivity index (χ1v) is 6.08. The Balaban J connectivity index is 2.19. The van der Waals surface area contributed by atoms with Crippen LogP contribution in [0, 0.1) is 0 Å². The van der Waals surface area contributed by atoms with Gasteiger partial charge >= 0.3 is 0 Å². The number of nitrogens with two attached hydrogens (primary N) is 1. The lowest BCUT2D eigenvalue weighted by Crippen LogP contribution is -2.00. The zero-order valence-electron chi connectivity index (χ0n) is 10.0. The van der Waals surface area contributed by atoms with Gasteiger partial charge in [-0.15, -0.1) is 0 Å². The predicted molar refractivity (Wildman–Crippen MR) is 71.7 cm³/mol. The van der Waals surface area contributed by atoms with Crippen LogP contribution in [-0.4, -0.2) is 21.0 Å². The zero-order chi connectivity index (χ0) is 12.5. The lowest BCUT2D eigenvalue weighted by Gasteiger charge is -2.01. The largest absolute Gasteiger partial charge is 0.508 e. The van der Waals surface area contributed by atoms with Gasteiger partial charge in [0.1, 0.15) is 11.4 Å². The molecule has 4 nitrogen and oxygen atoms in total. The third-order valence-corrected chi connectivity index (χ3v) is 3.11. The van der Waals surface area contributed by atoms with E-state index in [4.69, 9.17) is 5.73 Å². The summed E-state index contributed by atoms with van der Waals surface area (Å²) in [5, 5.41) is 10.7. The summed E-state index contributed by atoms with van der Waals surface area (Å²) < 4.78 is 2.01. The zero-order valence-corrected chi connectivity index (χ0v) is 10.0. The fourth-order valence-electron chi connectivity index (χ4n) is 2.21. The van der Waals surface area contributed by atoms with E-state index >= 15 is 0 Å². The van der Waals surface area contributed by atoms with E-state index in [-0.39, 0.29) is 5.75 Å². The number of aromatic hydroxyl groups is 1. The van der Waals surface area contributed by atoms with Crippen LogP contribution in [0.2, 0.25) is 0 Å². The van der Waals surface area contributed by atoms with E-state index in [2.05, 4.69) is 4.98 Å². The molecular formula is C14H15N3O. The van der Waals surface area contributed by atoms with Crippen LogP contribution >= 0.6 is 0 Å². The van der Waals surface area contributed by atoms with Crippen LogP contribution in [-0.2, 0) is 6.42 Å². The van der Waals surface area contributed by atoms with Gasteiger partial charge in [-0.2, -0.15) is 0 Å². The highest BCUT2D eigenvalue weighted by molar-refractivity contribution is 5.83. The Morgan fingerprint density at radius 3 is 2.89 bits per heavy atom. The molecule has 0 aliphatic rings. The first-order valence-electron chi connectivity index (χ1n) is 6.08. The minimum atomic E-state index is 0.271. The van der Waals surface area contributed by atoms with Crippen LogP contribution in [0.1, 0.15) is 12.1 Å². The Hall–Kier alpha value is -2.07. The van der Waals surface area contributed by atoms with Crippen molar-refractivity contribution in [2.75, 3.05) is 6.54 Å². The van der Waals surface area contributed by atoms with E-state index in [9.17, 15) is 5.11 Å². The lowest BCUT2D eigenvalue weighted by atomic mass is 10.2. The van der Waals surface area contributed by atoms with E-state index in [0.29, 0.717) is 6.54 Å². The third-order valence-electron chi connectivity index (χ3n) is 3.11. The summed E-state index contributed by atoms with van der Waals surface area (Å²) in [6.45, 7) is 0.676. The molecule has 18 heavy (non-hydrogen) atoms. The molecule has 1 aromatic carbocycles. The molecule has 2 aromatic heterocycles. The summed E-state index contributed by atoms with van der Waals surface area (Å²) >= 11 is 0. The fourth-order valence-corrected chi connectivity index (χ4v) is 2.21. The molecule has 0 saturated heterocycles. The molecule has 0 aliphatic heterocycles. The number of phenols is 1. The number of rotatable bonds is 3. The number of imidazole rings is 1. The number of benzene rings is 1. The minimum Gasteiger partial charge on any atom is -0.508 e. The second-order valence-electron chi connectivity index (χ2n) is 4.43. The van der Waals surface area contributed by atoms with Gasteiger partial charge in [0.25, 0.3) is 0 Å². The molecule has 0 atom stereocenters. The Bertz CT molecular complexity index is 703. The highest BCUT2D eigenvalue weighted by atomic mass is 16.3. The topological polar surface area (TPSA) is 63.5 Å². The summed E-state index contributed by atoms with van der Waals surface area (Å²) in [7, 11) is 0. The second kappa shape index (κ2) is 4.31. The number of aromatic nitrogens is 2. The van der Waals surface area contributed by atoms with Crippen LogP contribution in [0.5, 0.6) is 5.75 Å². The number of aryl methyl sites for hydroxylation is 1. The van der Waals surface area contributed by atoms with Gasteiger partial charge in [0.15, 0.2) is 0 Å². The van der Waals surface area contributed by atoms with Crippen LogP contribution in [0.3, 0.4) is 0 Å². The van der Waals surface area contributed by atoms with E-state index in [1.807, 2.05) is 28.8 Å². The molecule has 3 N–H and O–H groups in total. The van der Waals surface area contributed by atoms with E-state index in [1.165, 1.54) is 0 Å². The van der Waals surface area contributed by atoms with Gasteiger partial charge in [-0.05, 0) is 49.0 Å². The maximum Gasteiger partial charge on any atom is 0.137 e. The molecule has 0 saturated carbocycles. The first kappa shape index (κ1) is 11.0. The molecule has 4 heteroatoms. The normalized spacial score (nSPS) is 11.4. The van der Waals surface area contributed by atoms with Gasteiger partial charge in [0.05, 0.1) is 11.2 Å². The van der Waals surface area contributed by atoms with Gasteiger partial charge < -0.3 is 10.8 Å². The van der Waals surface area contributed by atoms with Crippen molar-refractivity contribution in [1.82, 2.24) is 9.38 Å². The quantitative estimate of drug-likeness (QED) is 0.738. The molecule has 0 fully saturated rings. The van der Waals surface area contributed by atoms with Crippen molar-refractivity contribution < 1.29 is 5.11 Å². The van der Waals surface area contributed by atoms with Gasteiger partial charge in [-0.25, -0.2) is 4.98 Å². The number of pyridine rings is 1. The molecule has 3 rings (SSSR count). The Labute approximate surface area is 105 Å². The SMILES string of the molecule is NCCCc1cn2c(ccc3ccc(O)cc32)n1. The number of fused-ring (bicyclic) bond motifs is 3. The molecular weight excluding hydrogens is 226 g/mol. The number of nitrogens with zero attached hydrogens (tertiary/aromatic N) is 2. The van der Waals surface area contributed by atoms with Gasteiger partial charge in [0, 0.05) is 12.3 Å². The van der Waals surface area contributed by atoms with Crippen molar-refractivity contribution >= 4 is 16.6 Å². The maximum absolute atomic E-state index is 9.59. The molecule has 0 spiro atoms. The molecule has 3 aromatic rings. The van der Waals surface area contributed by atoms with Crippen LogP contribution in [0.25, 0.3) is 16.6 Å². The van der Waals surface area contributed by atoms with Crippen LogP contribution in [0.4, 0.5) is 0 Å². The highest BCUT2D eigenvalue weighted by Gasteiger charge is 2.05. The number of phenolic OH excluding ortho intramolecular Hbond substituents is 1. The van der Waals surface area contributed by atoms with Crippen molar-refractivity contribution in [2.24, 2.45) is 5.73 Å². The lowest BCUT2D eigenvalue weighted by molar-refractivity contribution is 0.476. The predicted octanol–water partition coefficient (Wildman–Crippen LogP) is 2.08. The average molecular weight is 241 g/mol. The third kappa shape index (κ3) is 1.80. The van der Waals surface area contributed by atoms with Crippen molar-refractivity contribution in [3.63, 3.8) is 0 Å². The van der Waals surface area contributed by atoms with Gasteiger partial charge in [0.2, 0.25) is 0 Å². The Kier molecular flexibility index (Phi) is 2.64. The summed E-state index contributed by atoms with van der Waals surface area (Å²) in [4.78, 5) is 4.56.